The van der Waals surface area contributed by atoms with E-state index in [2.05, 4.69) is 13.8 Å². The molecule has 0 aromatic heterocycles. The number of amides is 2. The minimum atomic E-state index is -0.614. The van der Waals surface area contributed by atoms with Gasteiger partial charge in [-0.1, -0.05) is 50.6 Å². The van der Waals surface area contributed by atoms with E-state index in [9.17, 15) is 9.59 Å². The summed E-state index contributed by atoms with van der Waals surface area (Å²) in [4.78, 5) is 27.2. The Morgan fingerprint density at radius 1 is 1.32 bits per heavy atom. The van der Waals surface area contributed by atoms with Crippen LogP contribution in [-0.4, -0.2) is 39.5 Å². The first-order valence-electron chi connectivity index (χ1n) is 8.94. The highest BCUT2D eigenvalue weighted by molar-refractivity contribution is 8.00. The summed E-state index contributed by atoms with van der Waals surface area (Å²) >= 11 is 1.66. The number of hydrogen-bond donors (Lipinski definition) is 0. The molecule has 0 spiro atoms. The predicted molar refractivity (Wildman–Crippen MR) is 103 cm³/mol. The molecular formula is C20H29NO3S. The molecule has 5 heteroatoms. The Kier molecular flexibility index (Phi) is 6.55. The molecule has 1 aliphatic heterocycles. The Bertz CT molecular complexity index is 597. The van der Waals surface area contributed by atoms with E-state index < -0.39 is 11.7 Å². The second-order valence-electron chi connectivity index (χ2n) is 7.65. The van der Waals surface area contributed by atoms with Gasteiger partial charge in [-0.15, -0.1) is 11.8 Å². The van der Waals surface area contributed by atoms with Gasteiger partial charge in [0.1, 0.15) is 5.60 Å². The van der Waals surface area contributed by atoms with Gasteiger partial charge in [-0.25, -0.2) is 9.69 Å². The van der Waals surface area contributed by atoms with Crippen molar-refractivity contribution in [2.24, 2.45) is 5.92 Å². The molecule has 0 bridgehead atoms. The highest BCUT2D eigenvalue weighted by atomic mass is 32.2. The molecule has 138 valence electrons. The van der Waals surface area contributed by atoms with Crippen LogP contribution in [0.4, 0.5) is 4.79 Å². The second kappa shape index (κ2) is 8.26. The summed E-state index contributed by atoms with van der Waals surface area (Å²) < 4.78 is 5.53. The van der Waals surface area contributed by atoms with Crippen molar-refractivity contribution >= 4 is 23.8 Å². The molecule has 4 nitrogen and oxygen atoms in total. The second-order valence-corrected chi connectivity index (χ2v) is 8.89. The van der Waals surface area contributed by atoms with Gasteiger partial charge in [0.15, 0.2) is 0 Å². The van der Waals surface area contributed by atoms with Crippen LogP contribution in [0.25, 0.3) is 0 Å². The molecule has 0 saturated carbocycles. The molecule has 0 unspecified atom stereocenters. The first-order chi connectivity index (χ1) is 11.7. The quantitative estimate of drug-likeness (QED) is 0.789. The molecular weight excluding hydrogens is 334 g/mol. The summed E-state index contributed by atoms with van der Waals surface area (Å²) in [5, 5.41) is -0.241. The van der Waals surface area contributed by atoms with Gasteiger partial charge < -0.3 is 4.74 Å². The van der Waals surface area contributed by atoms with Crippen molar-refractivity contribution in [3.8, 4) is 0 Å². The Hall–Kier alpha value is -1.49. The van der Waals surface area contributed by atoms with E-state index in [0.717, 1.165) is 17.7 Å². The normalized spacial score (nSPS) is 22.6. The standard InChI is InChI=1S/C20H29NO3S/c1-6-14(2)16-13-25-17(12-15-10-8-7-9-11-15)18(22)21(16)19(23)24-20(3,4)5/h7-11,14,16-17H,6,12-13H2,1-5H3/t14-,16+,17-/m0/s1. The molecule has 2 amide bonds. The molecule has 0 radical (unpaired) electrons. The molecule has 1 heterocycles. The number of hydrogen-bond acceptors (Lipinski definition) is 4. The summed E-state index contributed by atoms with van der Waals surface area (Å²) in [6.45, 7) is 9.66. The van der Waals surface area contributed by atoms with Crippen molar-refractivity contribution in [2.45, 2.75) is 64.4 Å². The van der Waals surface area contributed by atoms with Gasteiger partial charge in [-0.2, -0.15) is 0 Å². The zero-order valence-electron chi connectivity index (χ0n) is 15.8. The van der Waals surface area contributed by atoms with E-state index in [1.807, 2.05) is 51.1 Å². The highest BCUT2D eigenvalue weighted by Gasteiger charge is 2.43. The number of nitrogens with zero attached hydrogens (tertiary/aromatic N) is 1. The lowest BCUT2D eigenvalue weighted by atomic mass is 9.98. The minimum absolute atomic E-state index is 0.107. The fourth-order valence-corrected chi connectivity index (χ4v) is 4.35. The van der Waals surface area contributed by atoms with Crippen LogP contribution in [0.15, 0.2) is 30.3 Å². The minimum Gasteiger partial charge on any atom is -0.443 e. The van der Waals surface area contributed by atoms with Gasteiger partial charge in [0.25, 0.3) is 0 Å². The number of carbonyl (C=O) groups is 2. The third kappa shape index (κ3) is 5.24. The van der Waals surface area contributed by atoms with Crippen molar-refractivity contribution in [3.05, 3.63) is 35.9 Å². The fraction of sp³-hybridized carbons (Fsp3) is 0.600. The third-order valence-electron chi connectivity index (χ3n) is 4.47. The maximum Gasteiger partial charge on any atom is 0.417 e. The van der Waals surface area contributed by atoms with E-state index in [1.165, 1.54) is 4.90 Å². The van der Waals surface area contributed by atoms with Crippen LogP contribution < -0.4 is 0 Å². The monoisotopic (exact) mass is 363 g/mol. The maximum atomic E-state index is 13.1. The smallest absolute Gasteiger partial charge is 0.417 e. The van der Waals surface area contributed by atoms with Gasteiger partial charge in [0.2, 0.25) is 5.91 Å². The zero-order chi connectivity index (χ0) is 18.6. The SMILES string of the molecule is CC[C@H](C)[C@H]1CS[C@@H](Cc2ccccc2)C(=O)N1C(=O)OC(C)(C)C. The maximum absolute atomic E-state index is 13.1. The van der Waals surface area contributed by atoms with Crippen LogP contribution in [0.2, 0.25) is 0 Å². The van der Waals surface area contributed by atoms with E-state index in [0.29, 0.717) is 6.42 Å². The van der Waals surface area contributed by atoms with Crippen LogP contribution in [0.3, 0.4) is 0 Å². The van der Waals surface area contributed by atoms with Gasteiger partial charge in [-0.3, -0.25) is 4.79 Å². The Morgan fingerprint density at radius 2 is 1.96 bits per heavy atom. The summed E-state index contributed by atoms with van der Waals surface area (Å²) in [6.07, 6.45) is 1.04. The van der Waals surface area contributed by atoms with Crippen molar-refractivity contribution in [2.75, 3.05) is 5.75 Å². The lowest BCUT2D eigenvalue weighted by Gasteiger charge is -2.40. The van der Waals surface area contributed by atoms with Crippen molar-refractivity contribution in [1.29, 1.82) is 0 Å². The van der Waals surface area contributed by atoms with Crippen molar-refractivity contribution < 1.29 is 14.3 Å². The Morgan fingerprint density at radius 3 is 2.52 bits per heavy atom. The predicted octanol–water partition coefficient (Wildman–Crippen LogP) is 4.52. The van der Waals surface area contributed by atoms with Crippen molar-refractivity contribution in [1.82, 2.24) is 4.90 Å². The van der Waals surface area contributed by atoms with Crippen LogP contribution in [0, 0.1) is 5.92 Å². The summed E-state index contributed by atoms with van der Waals surface area (Å²) in [5.74, 6) is 0.888. The van der Waals surface area contributed by atoms with E-state index in [-0.39, 0.29) is 23.1 Å². The lowest BCUT2D eigenvalue weighted by molar-refractivity contribution is -0.133. The zero-order valence-corrected chi connectivity index (χ0v) is 16.6. The number of rotatable bonds is 4. The van der Waals surface area contributed by atoms with Crippen LogP contribution in [0.1, 0.15) is 46.6 Å². The van der Waals surface area contributed by atoms with Gasteiger partial charge >= 0.3 is 6.09 Å². The van der Waals surface area contributed by atoms with Gasteiger partial charge in [0.05, 0.1) is 11.3 Å². The first-order valence-corrected chi connectivity index (χ1v) is 9.99. The topological polar surface area (TPSA) is 46.6 Å². The number of imide groups is 1. The first kappa shape index (κ1) is 19.8. The van der Waals surface area contributed by atoms with Gasteiger partial charge in [-0.05, 0) is 38.7 Å². The lowest BCUT2D eigenvalue weighted by Crippen LogP contribution is -2.56. The van der Waals surface area contributed by atoms with E-state index in [1.54, 1.807) is 11.8 Å². The van der Waals surface area contributed by atoms with E-state index in [4.69, 9.17) is 4.74 Å². The Labute approximate surface area is 155 Å². The molecule has 0 N–H and O–H groups in total. The average Bonchev–Trinajstić information content (AvgIpc) is 2.55. The summed E-state index contributed by atoms with van der Waals surface area (Å²) in [6, 6.07) is 9.84. The largest absolute Gasteiger partial charge is 0.443 e. The molecule has 1 aromatic carbocycles. The third-order valence-corrected chi connectivity index (χ3v) is 5.77. The highest BCUT2D eigenvalue weighted by Crippen LogP contribution is 2.32. The molecule has 3 atom stereocenters. The molecule has 1 aromatic rings. The fourth-order valence-electron chi connectivity index (χ4n) is 2.88. The molecule has 0 aliphatic carbocycles. The molecule has 1 fully saturated rings. The van der Waals surface area contributed by atoms with E-state index >= 15 is 0 Å². The summed E-state index contributed by atoms with van der Waals surface area (Å²) in [7, 11) is 0. The number of thioether (sulfide) groups is 1. The average molecular weight is 364 g/mol. The van der Waals surface area contributed by atoms with Crippen LogP contribution in [0.5, 0.6) is 0 Å². The molecule has 1 aliphatic rings. The van der Waals surface area contributed by atoms with Gasteiger partial charge in [0, 0.05) is 5.75 Å². The number of benzene rings is 1. The van der Waals surface area contributed by atoms with Crippen molar-refractivity contribution in [3.63, 3.8) is 0 Å². The summed E-state index contributed by atoms with van der Waals surface area (Å²) in [5.41, 5.74) is 0.496. The molecule has 2 rings (SSSR count). The molecule has 25 heavy (non-hydrogen) atoms. The number of carbonyl (C=O) groups excluding carboxylic acids is 2. The van der Waals surface area contributed by atoms with Crippen LogP contribution in [-0.2, 0) is 16.0 Å². The molecule has 1 saturated heterocycles. The van der Waals surface area contributed by atoms with Crippen LogP contribution >= 0.6 is 11.8 Å². The number of ether oxygens (including phenoxy) is 1. The Balaban J connectivity index is 2.21.